The lowest BCUT2D eigenvalue weighted by Crippen LogP contribution is -2.26. The number of rotatable bonds is 7. The van der Waals surface area contributed by atoms with Gasteiger partial charge in [-0.1, -0.05) is 26.0 Å². The van der Waals surface area contributed by atoms with Gasteiger partial charge in [-0.15, -0.1) is 0 Å². The van der Waals surface area contributed by atoms with Gasteiger partial charge in [0.1, 0.15) is 0 Å². The lowest BCUT2D eigenvalue weighted by molar-refractivity contribution is 0.0716. The van der Waals surface area contributed by atoms with Crippen LogP contribution in [0.1, 0.15) is 42.6 Å². The van der Waals surface area contributed by atoms with Gasteiger partial charge >= 0.3 is 5.97 Å². The molecule has 8 heteroatoms. The number of ether oxygens (including phenoxy) is 1. The molecule has 27 heavy (non-hydrogen) atoms. The average Bonchev–Trinajstić information content (AvgIpc) is 2.69. The van der Waals surface area contributed by atoms with E-state index in [-0.39, 0.29) is 5.56 Å². The van der Waals surface area contributed by atoms with Crippen molar-refractivity contribution in [2.24, 2.45) is 0 Å². The lowest BCUT2D eigenvalue weighted by atomic mass is 10.1. The highest BCUT2D eigenvalue weighted by atomic mass is 19.2. The third kappa shape index (κ3) is 4.63. The van der Waals surface area contributed by atoms with E-state index in [4.69, 9.17) is 0 Å². The molecule has 0 radical (unpaired) electrons. The van der Waals surface area contributed by atoms with Crippen molar-refractivity contribution in [3.8, 4) is 5.75 Å². The molecule has 0 fully saturated rings. The van der Waals surface area contributed by atoms with Crippen molar-refractivity contribution in [2.75, 3.05) is 0 Å². The zero-order valence-electron chi connectivity index (χ0n) is 14.7. The molecule has 0 atom stereocenters. The number of benzene rings is 2. The van der Waals surface area contributed by atoms with Gasteiger partial charge in [-0.2, -0.15) is 8.78 Å². The second-order valence-electron chi connectivity index (χ2n) is 5.88. The first-order valence-corrected chi connectivity index (χ1v) is 8.36. The maximum atomic E-state index is 13.6. The van der Waals surface area contributed by atoms with Gasteiger partial charge < -0.3 is 10.1 Å². The fraction of sp³-hybridized carbons (Fsp3) is 0.316. The molecular formula is C19H18F5NO2. The topological polar surface area (TPSA) is 38.3 Å². The van der Waals surface area contributed by atoms with Crippen LogP contribution in [0.5, 0.6) is 5.75 Å². The first-order chi connectivity index (χ1) is 12.8. The van der Waals surface area contributed by atoms with Gasteiger partial charge in [0.25, 0.3) is 0 Å². The summed E-state index contributed by atoms with van der Waals surface area (Å²) >= 11 is 0. The van der Waals surface area contributed by atoms with Crippen molar-refractivity contribution in [1.82, 2.24) is 5.32 Å². The summed E-state index contributed by atoms with van der Waals surface area (Å²) in [5, 5.41) is 3.32. The van der Waals surface area contributed by atoms with Crippen LogP contribution in [0, 0.1) is 29.1 Å². The fourth-order valence-electron chi connectivity index (χ4n) is 2.42. The molecule has 3 nitrogen and oxygen atoms in total. The highest BCUT2D eigenvalue weighted by Gasteiger charge is 2.28. The van der Waals surface area contributed by atoms with Crippen LogP contribution in [0.3, 0.4) is 0 Å². The fourth-order valence-corrected chi connectivity index (χ4v) is 2.42. The molecule has 0 aromatic heterocycles. The molecule has 0 spiro atoms. The minimum Gasteiger partial charge on any atom is -0.416 e. The van der Waals surface area contributed by atoms with Crippen LogP contribution in [-0.2, 0) is 6.54 Å². The average molecular weight is 387 g/mol. The van der Waals surface area contributed by atoms with Crippen LogP contribution in [0.4, 0.5) is 22.0 Å². The molecule has 2 rings (SSSR count). The number of carbonyl (C=O) groups is 1. The molecule has 0 aliphatic rings. The predicted octanol–water partition coefficient (Wildman–Crippen LogP) is 4.88. The summed E-state index contributed by atoms with van der Waals surface area (Å²) in [6, 6.07) is 6.25. The predicted molar refractivity (Wildman–Crippen MR) is 88.8 cm³/mol. The number of hydrogen-bond donors (Lipinski definition) is 1. The molecule has 1 N–H and O–H groups in total. The van der Waals surface area contributed by atoms with E-state index in [1.165, 1.54) is 12.1 Å². The van der Waals surface area contributed by atoms with E-state index < -0.39 is 40.8 Å². The van der Waals surface area contributed by atoms with Crippen LogP contribution in [0.15, 0.2) is 24.3 Å². The Morgan fingerprint density at radius 2 is 1.37 bits per heavy atom. The van der Waals surface area contributed by atoms with Crippen LogP contribution in [-0.4, -0.2) is 12.0 Å². The lowest BCUT2D eigenvalue weighted by Gasteiger charge is -2.14. The maximum Gasteiger partial charge on any atom is 0.343 e. The van der Waals surface area contributed by atoms with Crippen molar-refractivity contribution in [3.05, 3.63) is 64.5 Å². The van der Waals surface area contributed by atoms with Gasteiger partial charge in [0.15, 0.2) is 0 Å². The molecule has 0 bridgehead atoms. The summed E-state index contributed by atoms with van der Waals surface area (Å²) in [6.45, 7) is 4.67. The number of halogens is 5. The Kier molecular flexibility index (Phi) is 6.90. The summed E-state index contributed by atoms with van der Waals surface area (Å²) in [5.41, 5.74) is 0.764. The van der Waals surface area contributed by atoms with Crippen molar-refractivity contribution in [1.29, 1.82) is 0 Å². The summed E-state index contributed by atoms with van der Waals surface area (Å²) in [4.78, 5) is 12.0. The largest absolute Gasteiger partial charge is 0.416 e. The Labute approximate surface area is 153 Å². The standard InChI is InChI=1S/C19H18F5NO2/c1-3-12(4-2)25-9-10-5-7-11(8-6-10)19(26)27-18-16(23)14(21)13(20)15(22)17(18)24/h5-8,12,25H,3-4,9H2,1-2H3. The molecule has 2 aromatic rings. The molecule has 0 aliphatic carbocycles. The maximum absolute atomic E-state index is 13.6. The summed E-state index contributed by atoms with van der Waals surface area (Å²) < 4.78 is 70.9. The third-order valence-corrected chi connectivity index (χ3v) is 4.13. The van der Waals surface area contributed by atoms with Crippen molar-refractivity contribution in [2.45, 2.75) is 39.3 Å². The molecule has 0 heterocycles. The van der Waals surface area contributed by atoms with Crippen LogP contribution in [0.2, 0.25) is 0 Å². The van der Waals surface area contributed by atoms with Gasteiger partial charge in [-0.05, 0) is 30.5 Å². The first-order valence-electron chi connectivity index (χ1n) is 8.36. The Bertz CT molecular complexity index is 791. The van der Waals surface area contributed by atoms with E-state index in [0.717, 1.165) is 18.4 Å². The molecule has 0 aliphatic heterocycles. The van der Waals surface area contributed by atoms with Gasteiger partial charge in [0, 0.05) is 12.6 Å². The first kappa shape index (κ1) is 20.8. The highest BCUT2D eigenvalue weighted by molar-refractivity contribution is 5.91. The monoisotopic (exact) mass is 387 g/mol. The molecule has 0 saturated heterocycles. The second kappa shape index (κ2) is 8.94. The van der Waals surface area contributed by atoms with E-state index in [1.807, 2.05) is 0 Å². The Morgan fingerprint density at radius 1 is 0.889 bits per heavy atom. The number of esters is 1. The van der Waals surface area contributed by atoms with Crippen LogP contribution in [0.25, 0.3) is 0 Å². The quantitative estimate of drug-likeness (QED) is 0.242. The smallest absolute Gasteiger partial charge is 0.343 e. The van der Waals surface area contributed by atoms with Crippen LogP contribution < -0.4 is 10.1 Å². The summed E-state index contributed by atoms with van der Waals surface area (Å²) in [5.74, 6) is -14.0. The molecule has 146 valence electrons. The Hall–Kier alpha value is -2.48. The minimum absolute atomic E-state index is 0.0924. The van der Waals surface area contributed by atoms with Gasteiger partial charge in [0.05, 0.1) is 5.56 Å². The molecule has 0 amide bonds. The van der Waals surface area contributed by atoms with E-state index in [1.54, 1.807) is 12.1 Å². The summed E-state index contributed by atoms with van der Waals surface area (Å²) in [6.07, 6.45) is 1.92. The van der Waals surface area contributed by atoms with Crippen molar-refractivity contribution in [3.63, 3.8) is 0 Å². The van der Waals surface area contributed by atoms with E-state index in [9.17, 15) is 26.7 Å². The molecular weight excluding hydrogens is 369 g/mol. The van der Waals surface area contributed by atoms with Crippen LogP contribution >= 0.6 is 0 Å². The van der Waals surface area contributed by atoms with E-state index in [2.05, 4.69) is 23.9 Å². The minimum atomic E-state index is -2.32. The van der Waals surface area contributed by atoms with E-state index >= 15 is 0 Å². The molecule has 0 saturated carbocycles. The highest BCUT2D eigenvalue weighted by Crippen LogP contribution is 2.29. The summed E-state index contributed by atoms with van der Waals surface area (Å²) in [7, 11) is 0. The number of nitrogens with one attached hydrogen (secondary N) is 1. The normalized spacial score (nSPS) is 11.1. The number of hydrogen-bond acceptors (Lipinski definition) is 3. The molecule has 2 aromatic carbocycles. The van der Waals surface area contributed by atoms with Gasteiger partial charge in [0.2, 0.25) is 34.8 Å². The van der Waals surface area contributed by atoms with Crippen molar-refractivity contribution >= 4 is 5.97 Å². The Balaban J connectivity index is 2.13. The molecule has 0 unspecified atom stereocenters. The zero-order chi connectivity index (χ0) is 20.1. The van der Waals surface area contributed by atoms with E-state index in [0.29, 0.717) is 12.6 Å². The second-order valence-corrected chi connectivity index (χ2v) is 5.88. The third-order valence-electron chi connectivity index (χ3n) is 4.13. The zero-order valence-corrected chi connectivity index (χ0v) is 14.7. The van der Waals surface area contributed by atoms with Gasteiger partial charge in [-0.25, -0.2) is 18.0 Å². The van der Waals surface area contributed by atoms with Gasteiger partial charge in [-0.3, -0.25) is 0 Å². The van der Waals surface area contributed by atoms with Crippen molar-refractivity contribution < 1.29 is 31.5 Å². The Morgan fingerprint density at radius 3 is 1.85 bits per heavy atom. The number of carbonyl (C=O) groups excluding carboxylic acids is 1. The SMILES string of the molecule is CCC(CC)NCc1ccc(C(=O)Oc2c(F)c(F)c(F)c(F)c2F)cc1.